The molecule has 0 atom stereocenters. The highest BCUT2D eigenvalue weighted by Gasteiger charge is 2.18. The normalized spacial score (nSPS) is 11.3. The van der Waals surface area contributed by atoms with Gasteiger partial charge in [-0.1, -0.05) is 32.0 Å². The van der Waals surface area contributed by atoms with Gasteiger partial charge in [0.1, 0.15) is 6.61 Å². The Balaban J connectivity index is 1.67. The van der Waals surface area contributed by atoms with E-state index >= 15 is 0 Å². The van der Waals surface area contributed by atoms with Crippen molar-refractivity contribution in [2.24, 2.45) is 0 Å². The number of carbonyl (C=O) groups excluding carboxylic acids is 1. The lowest BCUT2D eigenvalue weighted by Gasteiger charge is -2.21. The van der Waals surface area contributed by atoms with Gasteiger partial charge in [0.25, 0.3) is 5.91 Å². The standard InChI is InChI=1S/C28H34N2O5S/c1-4-17-30(18-5-2)19-20-35-27-21-23(13-16-26(27)34-3)29-28(31)22-11-14-25(15-12-22)36(32,33)24-9-7-6-8-10-24/h6-16,21H,4-5,17-20H2,1-3H3,(H,29,31). The van der Waals surface area contributed by atoms with Gasteiger partial charge in [-0.15, -0.1) is 0 Å². The number of hydrogen-bond acceptors (Lipinski definition) is 6. The molecule has 0 aliphatic carbocycles. The molecule has 1 amide bonds. The van der Waals surface area contributed by atoms with Gasteiger partial charge in [-0.2, -0.15) is 0 Å². The summed E-state index contributed by atoms with van der Waals surface area (Å²) < 4.78 is 37.0. The van der Waals surface area contributed by atoms with Crippen LogP contribution in [0.2, 0.25) is 0 Å². The molecule has 0 aliphatic rings. The molecule has 0 fully saturated rings. The quantitative estimate of drug-likeness (QED) is 0.337. The maximum atomic E-state index is 12.8. The van der Waals surface area contributed by atoms with Crippen molar-refractivity contribution in [2.75, 3.05) is 38.7 Å². The third-order valence-electron chi connectivity index (χ3n) is 5.65. The zero-order chi connectivity index (χ0) is 26.0. The molecule has 192 valence electrons. The van der Waals surface area contributed by atoms with Gasteiger partial charge in [0.2, 0.25) is 9.84 Å². The summed E-state index contributed by atoms with van der Waals surface area (Å²) in [4.78, 5) is 15.5. The van der Waals surface area contributed by atoms with Gasteiger partial charge >= 0.3 is 0 Å². The van der Waals surface area contributed by atoms with E-state index in [1.807, 2.05) is 0 Å². The lowest BCUT2D eigenvalue weighted by atomic mass is 10.2. The van der Waals surface area contributed by atoms with Crippen molar-refractivity contribution in [2.45, 2.75) is 36.5 Å². The fourth-order valence-electron chi connectivity index (χ4n) is 3.84. The van der Waals surface area contributed by atoms with Crippen LogP contribution in [0, 0.1) is 0 Å². The van der Waals surface area contributed by atoms with E-state index in [1.54, 1.807) is 55.6 Å². The monoisotopic (exact) mass is 510 g/mol. The minimum atomic E-state index is -3.64. The van der Waals surface area contributed by atoms with Crippen LogP contribution in [0.5, 0.6) is 11.5 Å². The first-order chi connectivity index (χ1) is 17.4. The Morgan fingerprint density at radius 1 is 0.833 bits per heavy atom. The summed E-state index contributed by atoms with van der Waals surface area (Å²) in [6.45, 7) is 7.68. The van der Waals surface area contributed by atoms with Crippen LogP contribution in [0.4, 0.5) is 5.69 Å². The number of methoxy groups -OCH3 is 1. The molecule has 0 bridgehead atoms. The lowest BCUT2D eigenvalue weighted by Crippen LogP contribution is -2.30. The van der Waals surface area contributed by atoms with Gasteiger partial charge < -0.3 is 14.8 Å². The van der Waals surface area contributed by atoms with Crippen LogP contribution in [-0.4, -0.2) is 52.6 Å². The molecule has 0 aromatic heterocycles. The number of nitrogens with zero attached hydrogens (tertiary/aromatic N) is 1. The predicted octanol–water partition coefficient (Wildman–Crippen LogP) is 5.28. The highest BCUT2D eigenvalue weighted by Crippen LogP contribution is 2.30. The van der Waals surface area contributed by atoms with Crippen molar-refractivity contribution in [3.8, 4) is 11.5 Å². The molecule has 1 N–H and O–H groups in total. The molecule has 7 nitrogen and oxygen atoms in total. The highest BCUT2D eigenvalue weighted by atomic mass is 32.2. The summed E-state index contributed by atoms with van der Waals surface area (Å²) in [5.74, 6) is 0.778. The fourth-order valence-corrected chi connectivity index (χ4v) is 5.13. The Bertz CT molecular complexity index is 1220. The summed E-state index contributed by atoms with van der Waals surface area (Å²) in [6.07, 6.45) is 2.17. The molecular formula is C28H34N2O5S. The summed E-state index contributed by atoms with van der Waals surface area (Å²) >= 11 is 0. The SMILES string of the molecule is CCCN(CCC)CCOc1cc(NC(=O)c2ccc(S(=O)(=O)c3ccccc3)cc2)ccc1OC. The molecule has 0 aliphatic heterocycles. The number of sulfone groups is 1. The number of nitrogens with one attached hydrogen (secondary N) is 1. The zero-order valence-corrected chi connectivity index (χ0v) is 21.9. The van der Waals surface area contributed by atoms with Crippen LogP contribution in [-0.2, 0) is 9.84 Å². The van der Waals surface area contributed by atoms with Crippen LogP contribution < -0.4 is 14.8 Å². The van der Waals surface area contributed by atoms with E-state index in [0.29, 0.717) is 29.4 Å². The van der Waals surface area contributed by atoms with E-state index in [2.05, 4.69) is 24.1 Å². The van der Waals surface area contributed by atoms with Crippen LogP contribution in [0.1, 0.15) is 37.0 Å². The number of amides is 1. The maximum Gasteiger partial charge on any atom is 0.255 e. The molecule has 0 saturated heterocycles. The van der Waals surface area contributed by atoms with Crippen molar-refractivity contribution >= 4 is 21.4 Å². The number of rotatable bonds is 13. The van der Waals surface area contributed by atoms with E-state index in [-0.39, 0.29) is 15.7 Å². The Morgan fingerprint density at radius 3 is 2.08 bits per heavy atom. The molecule has 3 rings (SSSR count). The largest absolute Gasteiger partial charge is 0.493 e. The van der Waals surface area contributed by atoms with Gasteiger partial charge in [0.15, 0.2) is 11.5 Å². The van der Waals surface area contributed by atoms with Gasteiger partial charge in [-0.25, -0.2) is 8.42 Å². The number of ether oxygens (including phenoxy) is 2. The number of carbonyl (C=O) groups is 1. The van der Waals surface area contributed by atoms with Crippen LogP contribution in [0.25, 0.3) is 0 Å². The zero-order valence-electron chi connectivity index (χ0n) is 21.1. The summed E-state index contributed by atoms with van der Waals surface area (Å²) in [5, 5.41) is 2.85. The predicted molar refractivity (Wildman–Crippen MR) is 142 cm³/mol. The summed E-state index contributed by atoms with van der Waals surface area (Å²) in [6, 6.07) is 19.3. The molecular weight excluding hydrogens is 476 g/mol. The Labute approximate surface area is 214 Å². The van der Waals surface area contributed by atoms with E-state index < -0.39 is 9.84 Å². The van der Waals surface area contributed by atoms with E-state index in [0.717, 1.165) is 32.5 Å². The third kappa shape index (κ3) is 7.08. The molecule has 0 radical (unpaired) electrons. The second kappa shape index (κ2) is 13.1. The average molecular weight is 511 g/mol. The first-order valence-electron chi connectivity index (χ1n) is 12.1. The van der Waals surface area contributed by atoms with Gasteiger partial charge in [0, 0.05) is 23.9 Å². The topological polar surface area (TPSA) is 84.9 Å². The molecule has 0 heterocycles. The minimum Gasteiger partial charge on any atom is -0.493 e. The van der Waals surface area contributed by atoms with E-state index in [9.17, 15) is 13.2 Å². The van der Waals surface area contributed by atoms with Gasteiger partial charge in [-0.3, -0.25) is 9.69 Å². The molecule has 3 aromatic rings. The van der Waals surface area contributed by atoms with Crippen molar-refractivity contribution in [3.05, 3.63) is 78.4 Å². The molecule has 8 heteroatoms. The average Bonchev–Trinajstić information content (AvgIpc) is 2.89. The molecule has 0 unspecified atom stereocenters. The minimum absolute atomic E-state index is 0.130. The fraction of sp³-hybridized carbons (Fsp3) is 0.321. The van der Waals surface area contributed by atoms with Crippen molar-refractivity contribution < 1.29 is 22.7 Å². The number of hydrogen-bond donors (Lipinski definition) is 1. The second-order valence-electron chi connectivity index (χ2n) is 8.35. The summed E-state index contributed by atoms with van der Waals surface area (Å²) in [5.41, 5.74) is 0.894. The first-order valence-corrected chi connectivity index (χ1v) is 13.6. The Morgan fingerprint density at radius 2 is 1.47 bits per heavy atom. The molecule has 36 heavy (non-hydrogen) atoms. The smallest absolute Gasteiger partial charge is 0.255 e. The van der Waals surface area contributed by atoms with Crippen LogP contribution in [0.15, 0.2) is 82.6 Å². The number of benzene rings is 3. The number of anilines is 1. The summed E-state index contributed by atoms with van der Waals surface area (Å²) in [7, 11) is -2.07. The molecule has 0 spiro atoms. The lowest BCUT2D eigenvalue weighted by molar-refractivity contribution is 0.102. The van der Waals surface area contributed by atoms with Crippen molar-refractivity contribution in [1.29, 1.82) is 0 Å². The van der Waals surface area contributed by atoms with E-state index in [4.69, 9.17) is 9.47 Å². The van der Waals surface area contributed by atoms with Crippen LogP contribution in [0.3, 0.4) is 0 Å². The van der Waals surface area contributed by atoms with Gasteiger partial charge in [0.05, 0.1) is 16.9 Å². The highest BCUT2D eigenvalue weighted by molar-refractivity contribution is 7.91. The van der Waals surface area contributed by atoms with Crippen LogP contribution >= 0.6 is 0 Å². The molecule has 3 aromatic carbocycles. The second-order valence-corrected chi connectivity index (χ2v) is 10.3. The third-order valence-corrected chi connectivity index (χ3v) is 7.43. The van der Waals surface area contributed by atoms with Gasteiger partial charge in [-0.05, 0) is 74.5 Å². The van der Waals surface area contributed by atoms with Crippen molar-refractivity contribution in [3.63, 3.8) is 0 Å². The molecule has 0 saturated carbocycles. The van der Waals surface area contributed by atoms with Crippen molar-refractivity contribution in [1.82, 2.24) is 4.90 Å². The Hall–Kier alpha value is -3.36. The Kier molecular flexibility index (Phi) is 9.90. The first kappa shape index (κ1) is 27.2. The maximum absolute atomic E-state index is 12.8. The van der Waals surface area contributed by atoms with E-state index in [1.165, 1.54) is 24.3 Å².